The Morgan fingerprint density at radius 1 is 1.03 bits per heavy atom. The molecule has 0 bridgehead atoms. The summed E-state index contributed by atoms with van der Waals surface area (Å²) in [6.45, 7) is 0.424. The standard InChI is InChI=1S/C24H20N2O2S2/c27-24(22-10-1-2-11-23(22)30-17-21-9-5-13-29-21)26-19-7-3-8-20(14-19)28-16-18-6-4-12-25-15-18/h1-15H,16-17H2,(H,26,27). The summed E-state index contributed by atoms with van der Waals surface area (Å²) in [5.74, 6) is 1.41. The number of aromatic nitrogens is 1. The van der Waals surface area contributed by atoms with E-state index in [1.807, 2.05) is 66.7 Å². The van der Waals surface area contributed by atoms with Gasteiger partial charge in [0.25, 0.3) is 5.91 Å². The average Bonchev–Trinajstić information content (AvgIpc) is 3.31. The van der Waals surface area contributed by atoms with Crippen LogP contribution in [0.25, 0.3) is 0 Å². The van der Waals surface area contributed by atoms with Crippen molar-refractivity contribution < 1.29 is 9.53 Å². The monoisotopic (exact) mass is 432 g/mol. The summed E-state index contributed by atoms with van der Waals surface area (Å²) in [6.07, 6.45) is 3.51. The Kier molecular flexibility index (Phi) is 6.79. The van der Waals surface area contributed by atoms with Crippen LogP contribution in [-0.4, -0.2) is 10.9 Å². The highest BCUT2D eigenvalue weighted by molar-refractivity contribution is 7.98. The highest BCUT2D eigenvalue weighted by atomic mass is 32.2. The number of thiophene rings is 1. The van der Waals surface area contributed by atoms with Gasteiger partial charge in [-0.25, -0.2) is 0 Å². The fourth-order valence-corrected chi connectivity index (χ4v) is 4.66. The maximum atomic E-state index is 12.9. The number of nitrogens with one attached hydrogen (secondary N) is 1. The molecule has 2 aromatic carbocycles. The molecule has 4 nitrogen and oxygen atoms in total. The normalized spacial score (nSPS) is 10.5. The van der Waals surface area contributed by atoms with Crippen LogP contribution in [0.15, 0.2) is 95.5 Å². The van der Waals surface area contributed by atoms with Crippen molar-refractivity contribution in [2.24, 2.45) is 0 Å². The largest absolute Gasteiger partial charge is 0.489 e. The summed E-state index contributed by atoms with van der Waals surface area (Å²) in [6, 6.07) is 23.1. The van der Waals surface area contributed by atoms with Gasteiger partial charge in [0.05, 0.1) is 5.56 Å². The number of hydrogen-bond acceptors (Lipinski definition) is 5. The van der Waals surface area contributed by atoms with E-state index in [9.17, 15) is 4.79 Å². The Morgan fingerprint density at radius 3 is 2.80 bits per heavy atom. The first-order valence-electron chi connectivity index (χ1n) is 9.45. The van der Waals surface area contributed by atoms with Gasteiger partial charge in [-0.15, -0.1) is 23.1 Å². The van der Waals surface area contributed by atoms with E-state index in [-0.39, 0.29) is 5.91 Å². The Bertz CT molecular complexity index is 1100. The second kappa shape index (κ2) is 10.1. The lowest BCUT2D eigenvalue weighted by molar-refractivity contribution is 0.102. The predicted octanol–water partition coefficient (Wildman–Crippen LogP) is 6.27. The molecule has 4 aromatic rings. The molecule has 150 valence electrons. The molecule has 30 heavy (non-hydrogen) atoms. The van der Waals surface area contributed by atoms with Gasteiger partial charge in [0.1, 0.15) is 12.4 Å². The fraction of sp³-hybridized carbons (Fsp3) is 0.0833. The van der Waals surface area contributed by atoms with E-state index < -0.39 is 0 Å². The van der Waals surface area contributed by atoms with Crippen LogP contribution >= 0.6 is 23.1 Å². The zero-order valence-corrected chi connectivity index (χ0v) is 17.8. The molecule has 0 saturated heterocycles. The molecule has 1 amide bonds. The summed E-state index contributed by atoms with van der Waals surface area (Å²) >= 11 is 3.40. The molecule has 0 aliphatic rings. The highest BCUT2D eigenvalue weighted by Crippen LogP contribution is 2.29. The molecule has 1 N–H and O–H groups in total. The van der Waals surface area contributed by atoms with Crippen molar-refractivity contribution in [3.8, 4) is 5.75 Å². The van der Waals surface area contributed by atoms with Crippen molar-refractivity contribution in [3.05, 3.63) is 107 Å². The Hall–Kier alpha value is -3.09. The second-order valence-electron chi connectivity index (χ2n) is 6.50. The van der Waals surface area contributed by atoms with Gasteiger partial charge in [-0.3, -0.25) is 9.78 Å². The zero-order chi connectivity index (χ0) is 20.6. The first kappa shape index (κ1) is 20.2. The van der Waals surface area contributed by atoms with E-state index in [2.05, 4.69) is 21.7 Å². The lowest BCUT2D eigenvalue weighted by atomic mass is 10.2. The number of ether oxygens (including phenoxy) is 1. The van der Waals surface area contributed by atoms with E-state index >= 15 is 0 Å². The number of amides is 1. The molecule has 0 unspecified atom stereocenters. The quantitative estimate of drug-likeness (QED) is 0.334. The number of nitrogens with zero attached hydrogens (tertiary/aromatic N) is 1. The summed E-state index contributed by atoms with van der Waals surface area (Å²) < 4.78 is 5.83. The number of carbonyl (C=O) groups is 1. The highest BCUT2D eigenvalue weighted by Gasteiger charge is 2.12. The number of pyridine rings is 1. The van der Waals surface area contributed by atoms with Crippen LogP contribution in [0.1, 0.15) is 20.8 Å². The van der Waals surface area contributed by atoms with Crippen LogP contribution in [0.4, 0.5) is 5.69 Å². The molecule has 2 heterocycles. The van der Waals surface area contributed by atoms with Crippen LogP contribution in [0.3, 0.4) is 0 Å². The molecule has 0 radical (unpaired) electrons. The van der Waals surface area contributed by atoms with Gasteiger partial charge in [0.15, 0.2) is 0 Å². The number of anilines is 1. The molecule has 0 atom stereocenters. The Balaban J connectivity index is 1.41. The smallest absolute Gasteiger partial charge is 0.256 e. The summed E-state index contributed by atoms with van der Waals surface area (Å²) in [5.41, 5.74) is 2.35. The minimum atomic E-state index is -0.131. The van der Waals surface area contributed by atoms with Crippen molar-refractivity contribution >= 4 is 34.7 Å². The topological polar surface area (TPSA) is 51.2 Å². The Labute approximate surface area is 184 Å². The summed E-state index contributed by atoms with van der Waals surface area (Å²) in [4.78, 5) is 19.3. The first-order valence-corrected chi connectivity index (χ1v) is 11.3. The number of benzene rings is 2. The van der Waals surface area contributed by atoms with E-state index in [4.69, 9.17) is 4.74 Å². The number of carbonyl (C=O) groups excluding carboxylic acids is 1. The van der Waals surface area contributed by atoms with Gasteiger partial charge >= 0.3 is 0 Å². The second-order valence-corrected chi connectivity index (χ2v) is 8.55. The molecule has 0 aliphatic heterocycles. The summed E-state index contributed by atoms with van der Waals surface area (Å²) in [7, 11) is 0. The molecule has 4 rings (SSSR count). The van der Waals surface area contributed by atoms with Gasteiger partial charge in [0.2, 0.25) is 0 Å². The molecule has 2 aromatic heterocycles. The van der Waals surface area contributed by atoms with Gasteiger partial charge in [-0.1, -0.05) is 30.3 Å². The number of rotatable bonds is 8. The maximum Gasteiger partial charge on any atom is 0.256 e. The van der Waals surface area contributed by atoms with Crippen molar-refractivity contribution in [2.45, 2.75) is 17.3 Å². The fourth-order valence-electron chi connectivity index (χ4n) is 2.84. The van der Waals surface area contributed by atoms with Crippen LogP contribution in [0.2, 0.25) is 0 Å². The molecule has 0 aliphatic carbocycles. The average molecular weight is 433 g/mol. The molecular weight excluding hydrogens is 412 g/mol. The minimum Gasteiger partial charge on any atom is -0.489 e. The zero-order valence-electron chi connectivity index (χ0n) is 16.2. The van der Waals surface area contributed by atoms with Crippen molar-refractivity contribution in [1.29, 1.82) is 0 Å². The minimum absolute atomic E-state index is 0.131. The summed E-state index contributed by atoms with van der Waals surface area (Å²) in [5, 5.41) is 5.06. The number of thioether (sulfide) groups is 1. The number of hydrogen-bond donors (Lipinski definition) is 1. The van der Waals surface area contributed by atoms with Gasteiger partial charge < -0.3 is 10.1 Å². The van der Waals surface area contributed by atoms with Crippen LogP contribution in [0, 0.1) is 0 Å². The van der Waals surface area contributed by atoms with E-state index in [0.717, 1.165) is 16.2 Å². The van der Waals surface area contributed by atoms with Gasteiger partial charge in [-0.2, -0.15) is 0 Å². The third-order valence-electron chi connectivity index (χ3n) is 4.30. The third kappa shape index (κ3) is 5.49. The Morgan fingerprint density at radius 2 is 1.97 bits per heavy atom. The van der Waals surface area contributed by atoms with E-state index in [1.165, 1.54) is 4.88 Å². The molecule has 0 fully saturated rings. The predicted molar refractivity (Wildman–Crippen MR) is 123 cm³/mol. The lowest BCUT2D eigenvalue weighted by Gasteiger charge is -2.11. The SMILES string of the molecule is O=C(Nc1cccc(OCc2cccnc2)c1)c1ccccc1SCc1cccs1. The van der Waals surface area contributed by atoms with Crippen molar-refractivity contribution in [1.82, 2.24) is 4.98 Å². The molecular formula is C24H20N2O2S2. The van der Waals surface area contributed by atoms with Crippen LogP contribution in [-0.2, 0) is 12.4 Å². The van der Waals surface area contributed by atoms with Crippen molar-refractivity contribution in [3.63, 3.8) is 0 Å². The van der Waals surface area contributed by atoms with E-state index in [1.54, 1.807) is 35.5 Å². The van der Waals surface area contributed by atoms with Gasteiger partial charge in [0, 0.05) is 45.2 Å². The van der Waals surface area contributed by atoms with Crippen LogP contribution in [0.5, 0.6) is 5.75 Å². The van der Waals surface area contributed by atoms with Crippen LogP contribution < -0.4 is 10.1 Å². The third-order valence-corrected chi connectivity index (χ3v) is 6.48. The van der Waals surface area contributed by atoms with Gasteiger partial charge in [-0.05, 0) is 41.8 Å². The lowest BCUT2D eigenvalue weighted by Crippen LogP contribution is -2.13. The van der Waals surface area contributed by atoms with Crippen molar-refractivity contribution in [2.75, 3.05) is 5.32 Å². The first-order chi connectivity index (χ1) is 14.8. The molecule has 6 heteroatoms. The molecule has 0 saturated carbocycles. The van der Waals surface area contributed by atoms with E-state index in [0.29, 0.717) is 23.6 Å². The maximum absolute atomic E-state index is 12.9. The molecule has 0 spiro atoms.